The lowest BCUT2D eigenvalue weighted by Crippen LogP contribution is -2.39. The Hall–Kier alpha value is -2.67. The van der Waals surface area contributed by atoms with Crippen LogP contribution in [-0.2, 0) is 19.1 Å². The molecule has 0 spiro atoms. The third-order valence-corrected chi connectivity index (χ3v) is 4.31. The average molecular weight is 345 g/mol. The van der Waals surface area contributed by atoms with Gasteiger partial charge in [-0.2, -0.15) is 0 Å². The maximum atomic E-state index is 12.5. The number of hydrogen-bond acceptors (Lipinski definition) is 5. The minimum atomic E-state index is -1.05. The summed E-state index contributed by atoms with van der Waals surface area (Å²) in [5.74, 6) is -3.55. The van der Waals surface area contributed by atoms with E-state index in [4.69, 9.17) is 9.47 Å². The Balaban J connectivity index is 1.66. The van der Waals surface area contributed by atoms with E-state index >= 15 is 0 Å². The maximum Gasteiger partial charge on any atom is 0.338 e. The molecule has 3 rings (SSSR count). The number of carbonyl (C=O) groups is 3. The Labute approximate surface area is 144 Å². The van der Waals surface area contributed by atoms with E-state index in [1.54, 1.807) is 36.4 Å². The number of fused-ring (bicyclic) bond motifs is 2. The zero-order chi connectivity index (χ0) is 18.0. The zero-order valence-electron chi connectivity index (χ0n) is 13.7. The first kappa shape index (κ1) is 17.2. The summed E-state index contributed by atoms with van der Waals surface area (Å²) in [4.78, 5) is 35.7. The van der Waals surface area contributed by atoms with Gasteiger partial charge in [-0.05, 0) is 30.7 Å². The van der Waals surface area contributed by atoms with Crippen LogP contribution in [0.4, 0.5) is 5.69 Å². The van der Waals surface area contributed by atoms with E-state index in [2.05, 4.69) is 5.32 Å². The Bertz CT molecular complexity index is 711. The molecular formula is C18H19NO6. The molecule has 2 aliphatic heterocycles. The van der Waals surface area contributed by atoms with Crippen molar-refractivity contribution in [3.63, 3.8) is 0 Å². The highest BCUT2D eigenvalue weighted by molar-refractivity contribution is 5.97. The van der Waals surface area contributed by atoms with Crippen LogP contribution in [0.3, 0.4) is 0 Å². The molecule has 2 bridgehead atoms. The minimum Gasteiger partial charge on any atom is -0.481 e. The largest absolute Gasteiger partial charge is 0.481 e. The van der Waals surface area contributed by atoms with Crippen LogP contribution in [0.25, 0.3) is 0 Å². The highest BCUT2D eigenvalue weighted by atomic mass is 16.5. The summed E-state index contributed by atoms with van der Waals surface area (Å²) in [6.07, 6.45) is 3.07. The molecule has 4 atom stereocenters. The monoisotopic (exact) mass is 345 g/mol. The van der Waals surface area contributed by atoms with E-state index in [1.807, 2.05) is 6.92 Å². The summed E-state index contributed by atoms with van der Waals surface area (Å²) in [5.41, 5.74) is 0.869. The molecule has 132 valence electrons. The SMILES string of the molecule is CCCOC(=O)c1ccc(NC(=O)[C@@H]2[C@H](C(=O)O)[C@H]3C=C[C@H]2O3)cc1. The van der Waals surface area contributed by atoms with Crippen molar-refractivity contribution in [3.05, 3.63) is 42.0 Å². The molecule has 2 aliphatic rings. The molecule has 1 aromatic carbocycles. The molecule has 7 nitrogen and oxygen atoms in total. The Morgan fingerprint density at radius 3 is 2.36 bits per heavy atom. The zero-order valence-corrected chi connectivity index (χ0v) is 13.7. The van der Waals surface area contributed by atoms with Gasteiger partial charge in [0.15, 0.2) is 0 Å². The molecule has 0 saturated carbocycles. The van der Waals surface area contributed by atoms with Gasteiger partial charge in [0.05, 0.1) is 30.3 Å². The summed E-state index contributed by atoms with van der Waals surface area (Å²) >= 11 is 0. The van der Waals surface area contributed by atoms with Crippen LogP contribution in [0.2, 0.25) is 0 Å². The number of nitrogens with one attached hydrogen (secondary N) is 1. The van der Waals surface area contributed by atoms with Crippen molar-refractivity contribution in [1.29, 1.82) is 0 Å². The standard InChI is InChI=1S/C18H19NO6/c1-2-9-24-18(23)10-3-5-11(6-4-10)19-16(20)14-12-7-8-13(25-12)15(14)17(21)22/h3-8,12-15H,2,9H2,1H3,(H,19,20)(H,21,22)/t12-,13-,14+,15-/m1/s1. The number of anilines is 1. The van der Waals surface area contributed by atoms with Gasteiger partial charge in [-0.15, -0.1) is 0 Å². The highest BCUT2D eigenvalue weighted by Gasteiger charge is 2.53. The van der Waals surface area contributed by atoms with Crippen molar-refractivity contribution >= 4 is 23.5 Å². The lowest BCUT2D eigenvalue weighted by atomic mass is 9.82. The molecule has 7 heteroatoms. The molecule has 1 saturated heterocycles. The van der Waals surface area contributed by atoms with Crippen LogP contribution in [0.1, 0.15) is 23.7 Å². The van der Waals surface area contributed by atoms with Crippen molar-refractivity contribution in [2.45, 2.75) is 25.6 Å². The first-order valence-corrected chi connectivity index (χ1v) is 8.16. The summed E-state index contributed by atoms with van der Waals surface area (Å²) in [6.45, 7) is 2.26. The molecule has 25 heavy (non-hydrogen) atoms. The predicted octanol–water partition coefficient (Wildman–Crippen LogP) is 1.85. The molecule has 2 N–H and O–H groups in total. The van der Waals surface area contributed by atoms with Gasteiger partial charge in [0, 0.05) is 5.69 Å². The summed E-state index contributed by atoms with van der Waals surface area (Å²) in [5, 5.41) is 12.0. The number of aliphatic carboxylic acids is 1. The fraction of sp³-hybridized carbons (Fsp3) is 0.389. The van der Waals surface area contributed by atoms with E-state index in [1.165, 1.54) is 0 Å². The van der Waals surface area contributed by atoms with Gasteiger partial charge in [0.1, 0.15) is 5.92 Å². The maximum absolute atomic E-state index is 12.5. The van der Waals surface area contributed by atoms with E-state index < -0.39 is 41.9 Å². The Morgan fingerprint density at radius 1 is 1.12 bits per heavy atom. The predicted molar refractivity (Wildman–Crippen MR) is 88.1 cm³/mol. The number of carboxylic acid groups (broad SMARTS) is 1. The van der Waals surface area contributed by atoms with Crippen LogP contribution < -0.4 is 5.32 Å². The number of carboxylic acids is 1. The van der Waals surface area contributed by atoms with Gasteiger partial charge in [0.2, 0.25) is 5.91 Å². The lowest BCUT2D eigenvalue weighted by molar-refractivity contribution is -0.145. The molecule has 0 radical (unpaired) electrons. The second-order valence-corrected chi connectivity index (χ2v) is 6.04. The normalized spacial score (nSPS) is 26.4. The summed E-state index contributed by atoms with van der Waals surface area (Å²) in [6, 6.07) is 6.28. The van der Waals surface area contributed by atoms with Gasteiger partial charge in [-0.3, -0.25) is 9.59 Å². The quantitative estimate of drug-likeness (QED) is 0.603. The fourth-order valence-electron chi connectivity index (χ4n) is 3.11. The molecule has 0 unspecified atom stereocenters. The Kier molecular flexibility index (Phi) is 4.85. The minimum absolute atomic E-state index is 0.353. The molecule has 1 fully saturated rings. The number of rotatable bonds is 6. The molecule has 1 aromatic rings. The third kappa shape index (κ3) is 3.41. The van der Waals surface area contributed by atoms with Gasteiger partial charge < -0.3 is 19.9 Å². The lowest BCUT2D eigenvalue weighted by Gasteiger charge is -2.21. The van der Waals surface area contributed by atoms with Crippen LogP contribution in [-0.4, -0.2) is 41.8 Å². The number of benzene rings is 1. The van der Waals surface area contributed by atoms with Crippen molar-refractivity contribution in [1.82, 2.24) is 0 Å². The molecule has 2 heterocycles. The van der Waals surface area contributed by atoms with Crippen LogP contribution >= 0.6 is 0 Å². The highest BCUT2D eigenvalue weighted by Crippen LogP contribution is 2.39. The molecule has 0 aromatic heterocycles. The smallest absolute Gasteiger partial charge is 0.338 e. The van der Waals surface area contributed by atoms with Crippen molar-refractivity contribution < 1.29 is 29.0 Å². The van der Waals surface area contributed by atoms with Crippen LogP contribution in [0.5, 0.6) is 0 Å². The van der Waals surface area contributed by atoms with E-state index in [0.717, 1.165) is 6.42 Å². The first-order chi connectivity index (χ1) is 12.0. The Morgan fingerprint density at radius 2 is 1.76 bits per heavy atom. The van der Waals surface area contributed by atoms with E-state index in [-0.39, 0.29) is 0 Å². The van der Waals surface area contributed by atoms with Crippen LogP contribution in [0, 0.1) is 11.8 Å². The van der Waals surface area contributed by atoms with Crippen molar-refractivity contribution in [2.75, 3.05) is 11.9 Å². The van der Waals surface area contributed by atoms with Gasteiger partial charge in [-0.1, -0.05) is 19.1 Å². The van der Waals surface area contributed by atoms with Gasteiger partial charge >= 0.3 is 11.9 Å². The number of carbonyl (C=O) groups excluding carboxylic acids is 2. The van der Waals surface area contributed by atoms with E-state index in [9.17, 15) is 19.5 Å². The second kappa shape index (κ2) is 7.06. The summed E-state index contributed by atoms with van der Waals surface area (Å²) < 4.78 is 10.5. The van der Waals surface area contributed by atoms with Gasteiger partial charge in [-0.25, -0.2) is 4.79 Å². The van der Waals surface area contributed by atoms with Gasteiger partial charge in [0.25, 0.3) is 0 Å². The van der Waals surface area contributed by atoms with Crippen molar-refractivity contribution in [3.8, 4) is 0 Å². The topological polar surface area (TPSA) is 102 Å². The summed E-state index contributed by atoms with van der Waals surface area (Å²) in [7, 11) is 0. The number of ether oxygens (including phenoxy) is 2. The first-order valence-electron chi connectivity index (χ1n) is 8.16. The molecule has 1 amide bonds. The number of hydrogen-bond donors (Lipinski definition) is 2. The number of amides is 1. The van der Waals surface area contributed by atoms with E-state index in [0.29, 0.717) is 17.9 Å². The fourth-order valence-corrected chi connectivity index (χ4v) is 3.11. The average Bonchev–Trinajstić information content (AvgIpc) is 3.21. The number of esters is 1. The third-order valence-electron chi connectivity index (χ3n) is 4.31. The second-order valence-electron chi connectivity index (χ2n) is 6.04. The molecule has 0 aliphatic carbocycles. The molecular weight excluding hydrogens is 326 g/mol. The van der Waals surface area contributed by atoms with Crippen molar-refractivity contribution in [2.24, 2.45) is 11.8 Å². The van der Waals surface area contributed by atoms with Crippen LogP contribution in [0.15, 0.2) is 36.4 Å².